The van der Waals surface area contributed by atoms with Gasteiger partial charge in [-0.05, 0) is 29.5 Å². The molecule has 0 radical (unpaired) electrons. The van der Waals surface area contributed by atoms with Crippen molar-refractivity contribution in [3.63, 3.8) is 0 Å². The van der Waals surface area contributed by atoms with E-state index in [4.69, 9.17) is 0 Å². The predicted octanol–water partition coefficient (Wildman–Crippen LogP) is 0.861. The highest BCUT2D eigenvalue weighted by Gasteiger charge is 2.29. The molecular weight excluding hydrogens is 318 g/mol. The largest absolute Gasteiger partial charge is 0.326 e. The van der Waals surface area contributed by atoms with E-state index in [0.717, 1.165) is 5.56 Å². The number of urea groups is 1. The Morgan fingerprint density at radius 3 is 2.22 bits per heavy atom. The van der Waals surface area contributed by atoms with Crippen molar-refractivity contribution in [2.24, 2.45) is 0 Å². The molecule has 1 aliphatic rings. The van der Waals surface area contributed by atoms with Gasteiger partial charge in [-0.2, -0.15) is 0 Å². The lowest BCUT2D eigenvalue weighted by atomic mass is 9.87. The third-order valence-electron chi connectivity index (χ3n) is 3.61. The highest BCUT2D eigenvalue weighted by atomic mass is 32.2. The number of hydrogen-bond acceptors (Lipinski definition) is 4. The average molecular weight is 339 g/mol. The molecule has 0 aliphatic carbocycles. The van der Waals surface area contributed by atoms with E-state index in [0.29, 0.717) is 0 Å². The molecule has 1 aromatic carbocycles. The van der Waals surface area contributed by atoms with Crippen molar-refractivity contribution >= 4 is 22.0 Å². The van der Waals surface area contributed by atoms with Crippen molar-refractivity contribution in [3.8, 4) is 0 Å². The van der Waals surface area contributed by atoms with E-state index >= 15 is 0 Å². The second-order valence-corrected chi connectivity index (χ2v) is 8.24. The Balaban J connectivity index is 1.96. The summed E-state index contributed by atoms with van der Waals surface area (Å²) in [5.41, 5.74) is 0.992. The van der Waals surface area contributed by atoms with Gasteiger partial charge in [-0.3, -0.25) is 10.1 Å². The van der Waals surface area contributed by atoms with Gasteiger partial charge in [0, 0.05) is 6.54 Å². The van der Waals surface area contributed by atoms with Crippen LogP contribution < -0.4 is 15.4 Å². The lowest BCUT2D eigenvalue weighted by Gasteiger charge is -2.19. The summed E-state index contributed by atoms with van der Waals surface area (Å²) in [6.07, 6.45) is 0.191. The molecule has 0 aromatic heterocycles. The van der Waals surface area contributed by atoms with Gasteiger partial charge in [-0.25, -0.2) is 17.9 Å². The molecule has 0 bridgehead atoms. The van der Waals surface area contributed by atoms with Gasteiger partial charge in [-0.15, -0.1) is 0 Å². The topological polar surface area (TPSA) is 104 Å². The van der Waals surface area contributed by atoms with Gasteiger partial charge in [-0.1, -0.05) is 32.9 Å². The highest BCUT2D eigenvalue weighted by molar-refractivity contribution is 7.89. The number of nitrogens with one attached hydrogen (secondary N) is 3. The third kappa shape index (κ3) is 4.29. The van der Waals surface area contributed by atoms with E-state index in [1.807, 2.05) is 0 Å². The van der Waals surface area contributed by atoms with Crippen molar-refractivity contribution in [3.05, 3.63) is 29.8 Å². The molecular formula is C15H21N3O4S. The Bertz CT molecular complexity index is 705. The number of imide groups is 1. The summed E-state index contributed by atoms with van der Waals surface area (Å²) in [6.45, 7) is 6.21. The zero-order valence-electron chi connectivity index (χ0n) is 13.3. The van der Waals surface area contributed by atoms with Gasteiger partial charge < -0.3 is 5.32 Å². The maximum Gasteiger partial charge on any atom is 0.322 e. The quantitative estimate of drug-likeness (QED) is 0.692. The van der Waals surface area contributed by atoms with Crippen molar-refractivity contribution in [1.82, 2.24) is 15.4 Å². The molecule has 3 N–H and O–H groups in total. The molecule has 1 saturated heterocycles. The smallest absolute Gasteiger partial charge is 0.322 e. The van der Waals surface area contributed by atoms with Crippen LogP contribution in [0.25, 0.3) is 0 Å². The molecule has 23 heavy (non-hydrogen) atoms. The number of rotatable bonds is 5. The third-order valence-corrected chi connectivity index (χ3v) is 5.09. The minimum absolute atomic E-state index is 0.0518. The van der Waals surface area contributed by atoms with Crippen LogP contribution in [0.2, 0.25) is 0 Å². The van der Waals surface area contributed by atoms with Gasteiger partial charge in [0.05, 0.1) is 4.90 Å². The first-order chi connectivity index (χ1) is 10.6. The summed E-state index contributed by atoms with van der Waals surface area (Å²) in [4.78, 5) is 22.5. The molecule has 126 valence electrons. The Labute approximate surface area is 135 Å². The Morgan fingerprint density at radius 1 is 1.13 bits per heavy atom. The van der Waals surface area contributed by atoms with Crippen LogP contribution in [0.1, 0.15) is 32.8 Å². The number of sulfonamides is 1. The summed E-state index contributed by atoms with van der Waals surface area (Å²) >= 11 is 0. The molecule has 0 saturated carbocycles. The Hall–Kier alpha value is -1.93. The lowest BCUT2D eigenvalue weighted by Crippen LogP contribution is -2.34. The first-order valence-corrected chi connectivity index (χ1v) is 8.79. The fourth-order valence-corrected chi connectivity index (χ4v) is 3.26. The number of carbonyl (C=O) groups is 2. The fraction of sp³-hybridized carbons (Fsp3) is 0.467. The summed E-state index contributed by atoms with van der Waals surface area (Å²) in [5, 5.41) is 4.52. The maximum atomic E-state index is 12.2. The minimum Gasteiger partial charge on any atom is -0.326 e. The van der Waals surface area contributed by atoms with Crippen molar-refractivity contribution < 1.29 is 18.0 Å². The second-order valence-electron chi connectivity index (χ2n) is 6.48. The average Bonchev–Trinajstić information content (AvgIpc) is 2.76. The first kappa shape index (κ1) is 17.4. The molecule has 1 aromatic rings. The van der Waals surface area contributed by atoms with Crippen LogP contribution in [-0.2, 0) is 20.2 Å². The zero-order valence-corrected chi connectivity index (χ0v) is 14.2. The number of carbonyl (C=O) groups excluding carboxylic acids is 2. The predicted molar refractivity (Wildman–Crippen MR) is 85.4 cm³/mol. The van der Waals surface area contributed by atoms with Gasteiger partial charge in [0.2, 0.25) is 10.0 Å². The van der Waals surface area contributed by atoms with Crippen LogP contribution >= 0.6 is 0 Å². The van der Waals surface area contributed by atoms with Crippen LogP contribution in [-0.4, -0.2) is 32.9 Å². The van der Waals surface area contributed by atoms with Crippen LogP contribution in [0.5, 0.6) is 0 Å². The van der Waals surface area contributed by atoms with E-state index < -0.39 is 28.0 Å². The maximum absolute atomic E-state index is 12.2. The van der Waals surface area contributed by atoms with Crippen LogP contribution in [0, 0.1) is 0 Å². The molecule has 2 rings (SSSR count). The van der Waals surface area contributed by atoms with E-state index in [2.05, 4.69) is 36.1 Å². The van der Waals surface area contributed by atoms with E-state index in [9.17, 15) is 18.0 Å². The van der Waals surface area contributed by atoms with Gasteiger partial charge in [0.25, 0.3) is 5.91 Å². The molecule has 1 fully saturated rings. The molecule has 1 heterocycles. The van der Waals surface area contributed by atoms with E-state index in [1.165, 1.54) is 0 Å². The molecule has 0 spiro atoms. The van der Waals surface area contributed by atoms with Crippen LogP contribution in [0.15, 0.2) is 29.2 Å². The van der Waals surface area contributed by atoms with Crippen LogP contribution in [0.3, 0.4) is 0 Å². The van der Waals surface area contributed by atoms with Gasteiger partial charge in [0.15, 0.2) is 0 Å². The highest BCUT2D eigenvalue weighted by Crippen LogP contribution is 2.23. The summed E-state index contributed by atoms with van der Waals surface area (Å²) < 4.78 is 26.9. The summed E-state index contributed by atoms with van der Waals surface area (Å²) in [6, 6.07) is 5.45. The minimum atomic E-state index is -3.64. The number of amides is 3. The zero-order chi connectivity index (χ0) is 17.3. The monoisotopic (exact) mass is 339 g/mol. The summed E-state index contributed by atoms with van der Waals surface area (Å²) in [7, 11) is -3.64. The number of benzene rings is 1. The van der Waals surface area contributed by atoms with Crippen molar-refractivity contribution in [1.29, 1.82) is 0 Å². The molecule has 1 unspecified atom stereocenters. The first-order valence-electron chi connectivity index (χ1n) is 7.31. The normalized spacial score (nSPS) is 18.7. The molecule has 3 amide bonds. The SMILES string of the molecule is CC(C)(C)c1ccc(S(=O)(=O)NCCC2NC(=O)NC2=O)cc1. The molecule has 1 aliphatic heterocycles. The standard InChI is InChI=1S/C15H21N3O4S/c1-15(2,3)10-4-6-11(7-5-10)23(21,22)16-9-8-12-13(19)18-14(20)17-12/h4-7,12,16H,8-9H2,1-3H3,(H2,17,18,19,20). The molecule has 7 nitrogen and oxygen atoms in total. The Kier molecular flexibility index (Phi) is 4.76. The lowest BCUT2D eigenvalue weighted by molar-refractivity contribution is -0.120. The molecule has 8 heteroatoms. The van der Waals surface area contributed by atoms with Crippen LogP contribution in [0.4, 0.5) is 4.79 Å². The van der Waals surface area contributed by atoms with Gasteiger partial charge in [0.1, 0.15) is 6.04 Å². The second kappa shape index (κ2) is 6.29. The Morgan fingerprint density at radius 2 is 1.74 bits per heavy atom. The van der Waals surface area contributed by atoms with Crippen molar-refractivity contribution in [2.75, 3.05) is 6.54 Å². The van der Waals surface area contributed by atoms with E-state index in [1.54, 1.807) is 24.3 Å². The fourth-order valence-electron chi connectivity index (χ4n) is 2.22. The number of hydrogen-bond donors (Lipinski definition) is 3. The van der Waals surface area contributed by atoms with E-state index in [-0.39, 0.29) is 23.3 Å². The molecule has 1 atom stereocenters. The van der Waals surface area contributed by atoms with Gasteiger partial charge >= 0.3 is 6.03 Å². The summed E-state index contributed by atoms with van der Waals surface area (Å²) in [5.74, 6) is -0.441. The van der Waals surface area contributed by atoms with Crippen molar-refractivity contribution in [2.45, 2.75) is 43.5 Å².